The Balaban J connectivity index is 0.00000338. The van der Waals surface area contributed by atoms with Crippen LogP contribution >= 0.6 is 12.4 Å². The highest BCUT2D eigenvalue weighted by Gasteiger charge is 2.44. The third kappa shape index (κ3) is 5.49. The lowest BCUT2D eigenvalue weighted by molar-refractivity contribution is -0.182. The van der Waals surface area contributed by atoms with E-state index in [-0.39, 0.29) is 31.1 Å². The van der Waals surface area contributed by atoms with Gasteiger partial charge >= 0.3 is 6.18 Å². The van der Waals surface area contributed by atoms with Gasteiger partial charge in [-0.3, -0.25) is 4.90 Å². The maximum atomic E-state index is 13.8. The summed E-state index contributed by atoms with van der Waals surface area (Å²) in [5.41, 5.74) is -0.106. The number of rotatable bonds is 5. The standard InChI is InChI=1S/C14H18F5N3O2S.ClH/c1-9-6-11(16)12(7-10(9)15)25(23,24)21-8-13(14(17,18)19)22-4-2-20-3-5-22;/h6-7,13,20-21H,2-5,8H2,1H3;1H. The molecule has 1 aliphatic rings. The number of alkyl halides is 3. The zero-order valence-electron chi connectivity index (χ0n) is 13.7. The van der Waals surface area contributed by atoms with E-state index in [0.717, 1.165) is 4.90 Å². The fourth-order valence-electron chi connectivity index (χ4n) is 2.55. The van der Waals surface area contributed by atoms with Crippen molar-refractivity contribution in [3.63, 3.8) is 0 Å². The van der Waals surface area contributed by atoms with Gasteiger partial charge in [-0.2, -0.15) is 13.2 Å². The summed E-state index contributed by atoms with van der Waals surface area (Å²) >= 11 is 0. The minimum atomic E-state index is -4.67. The van der Waals surface area contributed by atoms with Crippen molar-refractivity contribution in [3.05, 3.63) is 29.3 Å². The molecule has 0 aliphatic carbocycles. The van der Waals surface area contributed by atoms with Crippen LogP contribution in [0.1, 0.15) is 5.56 Å². The molecule has 12 heteroatoms. The zero-order valence-corrected chi connectivity index (χ0v) is 15.4. The van der Waals surface area contributed by atoms with Gasteiger partial charge in [-0.1, -0.05) is 0 Å². The molecule has 2 N–H and O–H groups in total. The van der Waals surface area contributed by atoms with Crippen molar-refractivity contribution in [1.82, 2.24) is 14.9 Å². The van der Waals surface area contributed by atoms with Gasteiger partial charge in [0.1, 0.15) is 22.6 Å². The van der Waals surface area contributed by atoms with E-state index in [4.69, 9.17) is 0 Å². The molecule has 1 aromatic rings. The molecule has 0 radical (unpaired) electrons. The van der Waals surface area contributed by atoms with Crippen molar-refractivity contribution >= 4 is 22.4 Å². The second-order valence-electron chi connectivity index (χ2n) is 5.73. The van der Waals surface area contributed by atoms with Crippen molar-refractivity contribution in [2.75, 3.05) is 32.7 Å². The van der Waals surface area contributed by atoms with Crippen LogP contribution < -0.4 is 10.0 Å². The molecule has 1 saturated heterocycles. The predicted molar refractivity (Wildman–Crippen MR) is 87.8 cm³/mol. The minimum absolute atomic E-state index is 0. The molecule has 0 aromatic heterocycles. The van der Waals surface area contributed by atoms with Crippen molar-refractivity contribution in [2.24, 2.45) is 0 Å². The van der Waals surface area contributed by atoms with Crippen LogP contribution in [0.5, 0.6) is 0 Å². The minimum Gasteiger partial charge on any atom is -0.314 e. The van der Waals surface area contributed by atoms with E-state index < -0.39 is 45.3 Å². The Labute approximate surface area is 154 Å². The molecule has 26 heavy (non-hydrogen) atoms. The molecule has 5 nitrogen and oxygen atoms in total. The van der Waals surface area contributed by atoms with Gasteiger partial charge in [-0.15, -0.1) is 12.4 Å². The highest BCUT2D eigenvalue weighted by Crippen LogP contribution is 2.26. The number of aryl methyl sites for hydroxylation is 1. The Morgan fingerprint density at radius 1 is 1.19 bits per heavy atom. The highest BCUT2D eigenvalue weighted by molar-refractivity contribution is 7.89. The first-order valence-electron chi connectivity index (χ1n) is 7.49. The fraction of sp³-hybridized carbons (Fsp3) is 0.571. The monoisotopic (exact) mass is 423 g/mol. The van der Waals surface area contributed by atoms with Gasteiger partial charge in [-0.25, -0.2) is 21.9 Å². The zero-order chi connectivity index (χ0) is 18.8. The quantitative estimate of drug-likeness (QED) is 0.709. The number of benzene rings is 1. The summed E-state index contributed by atoms with van der Waals surface area (Å²) in [6.07, 6.45) is -4.67. The SMILES string of the molecule is Cc1cc(F)c(S(=O)(=O)NCC(N2CCNCC2)C(F)(F)F)cc1F.Cl. The van der Waals surface area contributed by atoms with Gasteiger partial charge in [0.15, 0.2) is 0 Å². The van der Waals surface area contributed by atoms with Crippen molar-refractivity contribution in [2.45, 2.75) is 24.0 Å². The van der Waals surface area contributed by atoms with E-state index in [9.17, 15) is 30.4 Å². The molecule has 150 valence electrons. The van der Waals surface area contributed by atoms with E-state index in [1.165, 1.54) is 6.92 Å². The summed E-state index contributed by atoms with van der Waals surface area (Å²) in [6.45, 7) is 1.14. The third-order valence-electron chi connectivity index (χ3n) is 3.94. The Morgan fingerprint density at radius 3 is 2.31 bits per heavy atom. The van der Waals surface area contributed by atoms with E-state index in [2.05, 4.69) is 5.32 Å². The van der Waals surface area contributed by atoms with Crippen molar-refractivity contribution < 1.29 is 30.4 Å². The number of hydrogen-bond acceptors (Lipinski definition) is 4. The second-order valence-corrected chi connectivity index (χ2v) is 7.46. The number of nitrogens with zero attached hydrogens (tertiary/aromatic N) is 1. The van der Waals surface area contributed by atoms with Crippen LogP contribution in [0.2, 0.25) is 0 Å². The summed E-state index contributed by atoms with van der Waals surface area (Å²) in [6, 6.07) is -0.912. The van der Waals surface area contributed by atoms with Crippen LogP contribution in [0.15, 0.2) is 17.0 Å². The van der Waals surface area contributed by atoms with E-state index >= 15 is 0 Å². The number of sulfonamides is 1. The van der Waals surface area contributed by atoms with Crippen LogP contribution in [0.25, 0.3) is 0 Å². The molecule has 1 heterocycles. The van der Waals surface area contributed by atoms with Crippen molar-refractivity contribution in [3.8, 4) is 0 Å². The molecular weight excluding hydrogens is 405 g/mol. The van der Waals surface area contributed by atoms with E-state index in [1.807, 2.05) is 0 Å². The molecule has 0 saturated carbocycles. The first-order chi connectivity index (χ1) is 11.5. The maximum Gasteiger partial charge on any atom is 0.405 e. The number of nitrogens with one attached hydrogen (secondary N) is 2. The molecule has 2 rings (SSSR count). The molecule has 0 bridgehead atoms. The Hall–Kier alpha value is -1.01. The normalized spacial score (nSPS) is 17.6. The van der Waals surface area contributed by atoms with Gasteiger partial charge in [0.05, 0.1) is 0 Å². The van der Waals surface area contributed by atoms with Gasteiger partial charge in [0.2, 0.25) is 10.0 Å². The molecule has 1 aromatic carbocycles. The average molecular weight is 424 g/mol. The van der Waals surface area contributed by atoms with Crippen LogP contribution in [-0.4, -0.2) is 58.3 Å². The number of hydrogen-bond donors (Lipinski definition) is 2. The lowest BCUT2D eigenvalue weighted by atomic mass is 10.2. The summed E-state index contributed by atoms with van der Waals surface area (Å²) in [7, 11) is -4.63. The number of halogens is 6. The molecule has 0 amide bonds. The average Bonchev–Trinajstić information content (AvgIpc) is 2.50. The summed E-state index contributed by atoms with van der Waals surface area (Å²) in [4.78, 5) is 0.0855. The third-order valence-corrected chi connectivity index (χ3v) is 5.38. The van der Waals surface area contributed by atoms with Gasteiger partial charge in [-0.05, 0) is 24.6 Å². The fourth-order valence-corrected chi connectivity index (χ4v) is 3.65. The van der Waals surface area contributed by atoms with Gasteiger partial charge in [0.25, 0.3) is 0 Å². The molecular formula is C14H19ClF5N3O2S. The molecule has 1 aliphatic heterocycles. The molecule has 1 unspecified atom stereocenters. The Kier molecular flexibility index (Phi) is 7.78. The smallest absolute Gasteiger partial charge is 0.314 e. The van der Waals surface area contributed by atoms with E-state index in [1.54, 1.807) is 4.72 Å². The lowest BCUT2D eigenvalue weighted by Crippen LogP contribution is -2.57. The largest absolute Gasteiger partial charge is 0.405 e. The second kappa shape index (κ2) is 8.79. The summed E-state index contributed by atoms with van der Waals surface area (Å²) in [5.74, 6) is -2.19. The molecule has 0 spiro atoms. The topological polar surface area (TPSA) is 61.4 Å². The number of piperazine rings is 1. The maximum absolute atomic E-state index is 13.8. The van der Waals surface area contributed by atoms with Crippen LogP contribution in [0.3, 0.4) is 0 Å². The van der Waals surface area contributed by atoms with Gasteiger partial charge < -0.3 is 5.32 Å². The predicted octanol–water partition coefficient (Wildman–Crippen LogP) is 1.81. The Morgan fingerprint density at radius 2 is 1.77 bits per heavy atom. The van der Waals surface area contributed by atoms with Gasteiger partial charge in [0, 0.05) is 32.7 Å². The first-order valence-corrected chi connectivity index (χ1v) is 8.97. The van der Waals surface area contributed by atoms with Crippen LogP contribution in [0.4, 0.5) is 22.0 Å². The summed E-state index contributed by atoms with van der Waals surface area (Å²) < 4.78 is 93.0. The molecule has 1 atom stereocenters. The Bertz CT molecular complexity index is 724. The first kappa shape index (κ1) is 23.0. The van der Waals surface area contributed by atoms with Crippen LogP contribution in [-0.2, 0) is 10.0 Å². The van der Waals surface area contributed by atoms with Crippen molar-refractivity contribution in [1.29, 1.82) is 0 Å². The van der Waals surface area contributed by atoms with E-state index in [0.29, 0.717) is 25.2 Å². The lowest BCUT2D eigenvalue weighted by Gasteiger charge is -2.35. The van der Waals surface area contributed by atoms with Crippen LogP contribution in [0, 0.1) is 18.6 Å². The molecule has 1 fully saturated rings. The highest BCUT2D eigenvalue weighted by atomic mass is 35.5. The summed E-state index contributed by atoms with van der Waals surface area (Å²) in [5, 5.41) is 2.90.